The van der Waals surface area contributed by atoms with E-state index in [4.69, 9.17) is 4.74 Å². The van der Waals surface area contributed by atoms with E-state index in [9.17, 15) is 9.59 Å². The molecule has 120 valence electrons. The Morgan fingerprint density at radius 3 is 2.62 bits per heavy atom. The summed E-state index contributed by atoms with van der Waals surface area (Å²) in [5.74, 6) is 0.188. The van der Waals surface area contributed by atoms with Gasteiger partial charge in [0.15, 0.2) is 0 Å². The van der Waals surface area contributed by atoms with Crippen LogP contribution in [-0.4, -0.2) is 73.1 Å². The lowest BCUT2D eigenvalue weighted by atomic mass is 10.1. The highest BCUT2D eigenvalue weighted by Crippen LogP contribution is 2.20. The van der Waals surface area contributed by atoms with E-state index in [0.717, 1.165) is 12.8 Å². The lowest BCUT2D eigenvalue weighted by Gasteiger charge is -2.32. The molecule has 1 N–H and O–H groups in total. The molecule has 1 unspecified atom stereocenters. The first-order chi connectivity index (χ1) is 10.1. The van der Waals surface area contributed by atoms with Gasteiger partial charge in [0.05, 0.1) is 13.2 Å². The van der Waals surface area contributed by atoms with E-state index in [-0.39, 0.29) is 17.9 Å². The zero-order chi connectivity index (χ0) is 15.2. The van der Waals surface area contributed by atoms with E-state index >= 15 is 0 Å². The van der Waals surface area contributed by atoms with Crippen molar-refractivity contribution in [2.24, 2.45) is 0 Å². The van der Waals surface area contributed by atoms with Crippen molar-refractivity contribution in [3.05, 3.63) is 0 Å². The van der Waals surface area contributed by atoms with Gasteiger partial charge in [0.2, 0.25) is 11.8 Å². The first-order valence-corrected chi connectivity index (χ1v) is 7.99. The SMILES string of the molecule is CC(C)NCCC(=O)N1CCCC1C(=O)N1CCOCC1. The lowest BCUT2D eigenvalue weighted by molar-refractivity contribution is -0.146. The van der Waals surface area contributed by atoms with Gasteiger partial charge in [-0.3, -0.25) is 9.59 Å². The summed E-state index contributed by atoms with van der Waals surface area (Å²) in [5, 5.41) is 3.25. The van der Waals surface area contributed by atoms with Crippen LogP contribution < -0.4 is 5.32 Å². The minimum Gasteiger partial charge on any atom is -0.378 e. The molecule has 2 aliphatic heterocycles. The average Bonchev–Trinajstić information content (AvgIpc) is 2.96. The number of morpholine rings is 1. The average molecular weight is 297 g/mol. The predicted octanol–water partition coefficient (Wildman–Crippen LogP) is 0.224. The van der Waals surface area contributed by atoms with Gasteiger partial charge >= 0.3 is 0 Å². The Morgan fingerprint density at radius 1 is 1.24 bits per heavy atom. The van der Waals surface area contributed by atoms with Crippen LogP contribution in [0.2, 0.25) is 0 Å². The molecule has 0 radical (unpaired) electrons. The largest absolute Gasteiger partial charge is 0.378 e. The summed E-state index contributed by atoms with van der Waals surface area (Å²) < 4.78 is 5.28. The van der Waals surface area contributed by atoms with E-state index in [1.807, 2.05) is 4.90 Å². The minimum atomic E-state index is -0.255. The number of likely N-dealkylation sites (tertiary alicyclic amines) is 1. The second-order valence-corrected chi connectivity index (χ2v) is 6.04. The molecule has 2 saturated heterocycles. The van der Waals surface area contributed by atoms with Gasteiger partial charge in [-0.2, -0.15) is 0 Å². The lowest BCUT2D eigenvalue weighted by Crippen LogP contribution is -2.51. The molecule has 0 spiro atoms. The number of carbonyl (C=O) groups is 2. The standard InChI is InChI=1S/C15H27N3O3/c1-12(2)16-6-5-14(19)18-7-3-4-13(18)15(20)17-8-10-21-11-9-17/h12-13,16H,3-11H2,1-2H3. The van der Waals surface area contributed by atoms with Crippen molar-refractivity contribution < 1.29 is 14.3 Å². The maximum Gasteiger partial charge on any atom is 0.245 e. The van der Waals surface area contributed by atoms with E-state index < -0.39 is 0 Å². The fourth-order valence-electron chi connectivity index (χ4n) is 2.93. The molecule has 0 aliphatic carbocycles. The Balaban J connectivity index is 1.86. The summed E-state index contributed by atoms with van der Waals surface area (Å²) in [6, 6.07) is 0.122. The smallest absolute Gasteiger partial charge is 0.245 e. The third-order valence-electron chi connectivity index (χ3n) is 4.07. The number of nitrogens with one attached hydrogen (secondary N) is 1. The molecular formula is C15H27N3O3. The van der Waals surface area contributed by atoms with Gasteiger partial charge in [-0.05, 0) is 12.8 Å². The predicted molar refractivity (Wildman–Crippen MR) is 79.9 cm³/mol. The van der Waals surface area contributed by atoms with Crippen molar-refractivity contribution in [3.8, 4) is 0 Å². The molecule has 2 aliphatic rings. The molecule has 2 fully saturated rings. The highest BCUT2D eigenvalue weighted by Gasteiger charge is 2.36. The first kappa shape index (κ1) is 16.2. The number of ether oxygens (including phenoxy) is 1. The molecule has 0 bridgehead atoms. The van der Waals surface area contributed by atoms with Crippen molar-refractivity contribution in [1.29, 1.82) is 0 Å². The molecule has 0 aromatic rings. The van der Waals surface area contributed by atoms with E-state index in [1.165, 1.54) is 0 Å². The Kier molecular flexibility index (Phi) is 5.99. The van der Waals surface area contributed by atoms with Crippen molar-refractivity contribution in [2.45, 2.75) is 45.2 Å². The summed E-state index contributed by atoms with van der Waals surface area (Å²) in [6.07, 6.45) is 2.18. The van der Waals surface area contributed by atoms with Gasteiger partial charge in [-0.1, -0.05) is 13.8 Å². The maximum absolute atomic E-state index is 12.6. The zero-order valence-electron chi connectivity index (χ0n) is 13.1. The zero-order valence-corrected chi connectivity index (χ0v) is 13.1. The van der Waals surface area contributed by atoms with Gasteiger partial charge in [0.25, 0.3) is 0 Å². The molecule has 1 atom stereocenters. The molecule has 0 saturated carbocycles. The summed E-state index contributed by atoms with van der Waals surface area (Å²) in [5.41, 5.74) is 0. The fraction of sp³-hybridized carbons (Fsp3) is 0.867. The monoisotopic (exact) mass is 297 g/mol. The molecule has 2 rings (SSSR count). The van der Waals surface area contributed by atoms with E-state index in [2.05, 4.69) is 19.2 Å². The van der Waals surface area contributed by atoms with Gasteiger partial charge in [-0.25, -0.2) is 0 Å². The van der Waals surface area contributed by atoms with Crippen LogP contribution in [0.15, 0.2) is 0 Å². The Morgan fingerprint density at radius 2 is 1.95 bits per heavy atom. The molecule has 2 amide bonds. The molecule has 6 heteroatoms. The minimum absolute atomic E-state index is 0.0901. The summed E-state index contributed by atoms with van der Waals surface area (Å²) in [7, 11) is 0. The number of nitrogens with zero attached hydrogens (tertiary/aromatic N) is 2. The Bertz CT molecular complexity index is 367. The van der Waals surface area contributed by atoms with Crippen LogP contribution in [-0.2, 0) is 14.3 Å². The quantitative estimate of drug-likeness (QED) is 0.789. The van der Waals surface area contributed by atoms with Crippen LogP contribution in [0.4, 0.5) is 0 Å². The summed E-state index contributed by atoms with van der Waals surface area (Å²) in [6.45, 7) is 8.00. The van der Waals surface area contributed by atoms with Crippen LogP contribution >= 0.6 is 0 Å². The van der Waals surface area contributed by atoms with Crippen molar-refractivity contribution >= 4 is 11.8 Å². The maximum atomic E-state index is 12.6. The normalized spacial score (nSPS) is 22.9. The second-order valence-electron chi connectivity index (χ2n) is 6.04. The van der Waals surface area contributed by atoms with Gasteiger partial charge < -0.3 is 19.9 Å². The molecule has 0 aromatic carbocycles. The molecule has 2 heterocycles. The Labute approximate surface area is 126 Å². The molecule has 21 heavy (non-hydrogen) atoms. The third-order valence-corrected chi connectivity index (χ3v) is 4.07. The van der Waals surface area contributed by atoms with Crippen molar-refractivity contribution in [2.75, 3.05) is 39.4 Å². The number of rotatable bonds is 5. The highest BCUT2D eigenvalue weighted by molar-refractivity contribution is 5.88. The molecule has 6 nitrogen and oxygen atoms in total. The number of hydrogen-bond acceptors (Lipinski definition) is 4. The van der Waals surface area contributed by atoms with Crippen LogP contribution in [0.25, 0.3) is 0 Å². The van der Waals surface area contributed by atoms with Gasteiger partial charge in [0.1, 0.15) is 6.04 Å². The van der Waals surface area contributed by atoms with Crippen LogP contribution in [0.5, 0.6) is 0 Å². The number of carbonyl (C=O) groups excluding carboxylic acids is 2. The topological polar surface area (TPSA) is 61.9 Å². The van der Waals surface area contributed by atoms with Crippen LogP contribution in [0, 0.1) is 0 Å². The highest BCUT2D eigenvalue weighted by atomic mass is 16.5. The van der Waals surface area contributed by atoms with Crippen LogP contribution in [0.1, 0.15) is 33.1 Å². The molecule has 0 aromatic heterocycles. The number of hydrogen-bond donors (Lipinski definition) is 1. The van der Waals surface area contributed by atoms with Crippen LogP contribution in [0.3, 0.4) is 0 Å². The summed E-state index contributed by atoms with van der Waals surface area (Å²) >= 11 is 0. The van der Waals surface area contributed by atoms with Gasteiger partial charge in [-0.15, -0.1) is 0 Å². The Hall–Kier alpha value is -1.14. The van der Waals surface area contributed by atoms with Gasteiger partial charge in [0, 0.05) is 38.6 Å². The molecular weight excluding hydrogens is 270 g/mol. The summed E-state index contributed by atoms with van der Waals surface area (Å²) in [4.78, 5) is 28.5. The van der Waals surface area contributed by atoms with Crippen molar-refractivity contribution in [1.82, 2.24) is 15.1 Å². The van der Waals surface area contributed by atoms with Crippen molar-refractivity contribution in [3.63, 3.8) is 0 Å². The first-order valence-electron chi connectivity index (χ1n) is 7.99. The van der Waals surface area contributed by atoms with E-state index in [1.54, 1.807) is 4.90 Å². The fourth-order valence-corrected chi connectivity index (χ4v) is 2.93. The van der Waals surface area contributed by atoms with E-state index in [0.29, 0.717) is 51.9 Å². The second kappa shape index (κ2) is 7.75. The third kappa shape index (κ3) is 4.41. The number of amides is 2.